The van der Waals surface area contributed by atoms with Gasteiger partial charge in [-0.05, 0) is 5.92 Å². The number of nitrogens with one attached hydrogen (secondary N) is 1. The molecular formula is C12H20F3N3O3. The Bertz CT molecular complexity index is 388. The standard InChI is InChI=1S/C12H20F3N3O3/c1-8(2)9(16-11(20)21-3)10(19)18-5-4-17(7-18)6-12(13,14)15/h8-9H,4-7H2,1-3H3,(H,16,20). The van der Waals surface area contributed by atoms with Gasteiger partial charge in [-0.25, -0.2) is 4.79 Å². The van der Waals surface area contributed by atoms with Crippen molar-refractivity contribution in [3.05, 3.63) is 0 Å². The normalized spacial score (nSPS) is 18.0. The van der Waals surface area contributed by atoms with Gasteiger partial charge in [-0.1, -0.05) is 13.8 Å². The van der Waals surface area contributed by atoms with Gasteiger partial charge in [0.05, 0.1) is 20.3 Å². The van der Waals surface area contributed by atoms with Crippen molar-refractivity contribution in [3.63, 3.8) is 0 Å². The molecule has 2 amide bonds. The van der Waals surface area contributed by atoms with E-state index in [1.54, 1.807) is 13.8 Å². The molecule has 0 aromatic rings. The maximum atomic E-state index is 12.3. The van der Waals surface area contributed by atoms with Crippen LogP contribution in [0.25, 0.3) is 0 Å². The minimum absolute atomic E-state index is 0.0928. The van der Waals surface area contributed by atoms with Crippen LogP contribution in [0.1, 0.15) is 13.8 Å². The number of hydrogen-bond acceptors (Lipinski definition) is 4. The van der Waals surface area contributed by atoms with E-state index in [1.165, 1.54) is 12.0 Å². The maximum absolute atomic E-state index is 12.3. The van der Waals surface area contributed by atoms with Crippen molar-refractivity contribution in [1.82, 2.24) is 15.1 Å². The van der Waals surface area contributed by atoms with Crippen molar-refractivity contribution in [2.24, 2.45) is 5.92 Å². The summed E-state index contributed by atoms with van der Waals surface area (Å²) in [6.07, 6.45) is -5.03. The second-order valence-electron chi connectivity index (χ2n) is 5.27. The van der Waals surface area contributed by atoms with Gasteiger partial charge < -0.3 is 15.0 Å². The molecule has 1 aliphatic heterocycles. The van der Waals surface area contributed by atoms with Gasteiger partial charge in [-0.15, -0.1) is 0 Å². The average molecular weight is 311 g/mol. The molecule has 21 heavy (non-hydrogen) atoms. The van der Waals surface area contributed by atoms with E-state index in [2.05, 4.69) is 10.1 Å². The first kappa shape index (κ1) is 17.5. The van der Waals surface area contributed by atoms with E-state index in [0.29, 0.717) is 0 Å². The highest BCUT2D eigenvalue weighted by Gasteiger charge is 2.37. The summed E-state index contributed by atoms with van der Waals surface area (Å²) >= 11 is 0. The predicted molar refractivity (Wildman–Crippen MR) is 68.4 cm³/mol. The van der Waals surface area contributed by atoms with Gasteiger partial charge in [0.25, 0.3) is 0 Å². The second-order valence-corrected chi connectivity index (χ2v) is 5.27. The zero-order valence-corrected chi connectivity index (χ0v) is 12.2. The van der Waals surface area contributed by atoms with Crippen LogP contribution in [0.15, 0.2) is 0 Å². The molecule has 0 aromatic carbocycles. The van der Waals surface area contributed by atoms with E-state index in [9.17, 15) is 22.8 Å². The second kappa shape index (κ2) is 6.97. The van der Waals surface area contributed by atoms with E-state index in [0.717, 1.165) is 4.90 Å². The molecule has 122 valence electrons. The number of carbonyl (C=O) groups is 2. The van der Waals surface area contributed by atoms with E-state index in [1.807, 2.05) is 0 Å². The number of rotatable bonds is 4. The minimum Gasteiger partial charge on any atom is -0.453 e. The quantitative estimate of drug-likeness (QED) is 0.842. The first-order valence-corrected chi connectivity index (χ1v) is 6.56. The number of alkyl carbamates (subject to hydrolysis) is 1. The van der Waals surface area contributed by atoms with Crippen molar-refractivity contribution in [2.45, 2.75) is 26.1 Å². The van der Waals surface area contributed by atoms with Crippen LogP contribution in [-0.2, 0) is 9.53 Å². The third-order valence-electron chi connectivity index (χ3n) is 3.16. The van der Waals surface area contributed by atoms with E-state index < -0.39 is 30.8 Å². The summed E-state index contributed by atoms with van der Waals surface area (Å²) < 4.78 is 41.4. The van der Waals surface area contributed by atoms with Crippen molar-refractivity contribution in [3.8, 4) is 0 Å². The highest BCUT2D eigenvalue weighted by molar-refractivity contribution is 5.86. The fourth-order valence-electron chi connectivity index (χ4n) is 2.10. The number of ether oxygens (including phenoxy) is 1. The number of amides is 2. The Hall–Kier alpha value is -1.51. The number of nitrogens with zero attached hydrogens (tertiary/aromatic N) is 2. The van der Waals surface area contributed by atoms with Crippen LogP contribution >= 0.6 is 0 Å². The van der Waals surface area contributed by atoms with Gasteiger partial charge in [-0.2, -0.15) is 13.2 Å². The van der Waals surface area contributed by atoms with E-state index in [4.69, 9.17) is 0 Å². The summed E-state index contributed by atoms with van der Waals surface area (Å²) in [5, 5.41) is 2.41. The zero-order valence-electron chi connectivity index (χ0n) is 12.2. The molecule has 0 aromatic heterocycles. The van der Waals surface area contributed by atoms with Crippen LogP contribution in [0, 0.1) is 5.92 Å². The molecule has 0 saturated carbocycles. The van der Waals surface area contributed by atoms with Crippen molar-refractivity contribution in [1.29, 1.82) is 0 Å². The molecule has 1 atom stereocenters. The van der Waals surface area contributed by atoms with E-state index >= 15 is 0 Å². The first-order valence-electron chi connectivity index (χ1n) is 6.56. The first-order chi connectivity index (χ1) is 9.64. The molecule has 1 N–H and O–H groups in total. The molecule has 1 heterocycles. The Morgan fingerprint density at radius 1 is 1.29 bits per heavy atom. The lowest BCUT2D eigenvalue weighted by Crippen LogP contribution is -2.51. The smallest absolute Gasteiger partial charge is 0.407 e. The van der Waals surface area contributed by atoms with Gasteiger partial charge >= 0.3 is 12.3 Å². The van der Waals surface area contributed by atoms with E-state index in [-0.39, 0.29) is 25.7 Å². The molecule has 9 heteroatoms. The van der Waals surface area contributed by atoms with Gasteiger partial charge in [0.1, 0.15) is 6.04 Å². The molecule has 1 aliphatic rings. The summed E-state index contributed by atoms with van der Waals surface area (Å²) in [5.41, 5.74) is 0. The van der Waals surface area contributed by atoms with Gasteiger partial charge in [0.2, 0.25) is 5.91 Å². The third-order valence-corrected chi connectivity index (χ3v) is 3.16. The molecular weight excluding hydrogens is 291 g/mol. The molecule has 1 rings (SSSR count). The van der Waals surface area contributed by atoms with Gasteiger partial charge in [0.15, 0.2) is 0 Å². The van der Waals surface area contributed by atoms with Crippen LogP contribution in [0.3, 0.4) is 0 Å². The molecule has 1 saturated heterocycles. The number of halogens is 3. The van der Waals surface area contributed by atoms with Crippen LogP contribution in [-0.4, -0.2) is 67.4 Å². The average Bonchev–Trinajstić information content (AvgIpc) is 2.80. The van der Waals surface area contributed by atoms with Crippen LogP contribution in [0.2, 0.25) is 0 Å². The molecule has 0 radical (unpaired) electrons. The highest BCUT2D eigenvalue weighted by atomic mass is 19.4. The van der Waals surface area contributed by atoms with Crippen molar-refractivity contribution < 1.29 is 27.5 Å². The summed E-state index contributed by atoms with van der Waals surface area (Å²) in [6, 6.07) is -0.816. The summed E-state index contributed by atoms with van der Waals surface area (Å²) in [5.74, 6) is -0.603. The Morgan fingerprint density at radius 3 is 2.38 bits per heavy atom. The fraction of sp³-hybridized carbons (Fsp3) is 0.833. The lowest BCUT2D eigenvalue weighted by Gasteiger charge is -2.26. The zero-order chi connectivity index (χ0) is 16.2. The topological polar surface area (TPSA) is 61.9 Å². The lowest BCUT2D eigenvalue weighted by atomic mass is 10.0. The molecule has 1 unspecified atom stereocenters. The molecule has 6 nitrogen and oxygen atoms in total. The molecule has 0 aliphatic carbocycles. The Morgan fingerprint density at radius 2 is 1.90 bits per heavy atom. The van der Waals surface area contributed by atoms with Gasteiger partial charge in [0, 0.05) is 13.1 Å². The largest absolute Gasteiger partial charge is 0.453 e. The SMILES string of the molecule is COC(=O)NC(C(=O)N1CCN(CC(F)(F)F)C1)C(C)C. The number of carbonyl (C=O) groups excluding carboxylic acids is 2. The maximum Gasteiger partial charge on any atom is 0.407 e. The van der Waals surface area contributed by atoms with Crippen molar-refractivity contribution in [2.75, 3.05) is 33.4 Å². The Balaban J connectivity index is 2.63. The van der Waals surface area contributed by atoms with Crippen LogP contribution in [0.4, 0.5) is 18.0 Å². The molecule has 0 bridgehead atoms. The molecule has 0 spiro atoms. The summed E-state index contributed by atoms with van der Waals surface area (Å²) in [4.78, 5) is 26.0. The number of hydrogen-bond donors (Lipinski definition) is 1. The highest BCUT2D eigenvalue weighted by Crippen LogP contribution is 2.19. The molecule has 1 fully saturated rings. The summed E-state index contributed by atoms with van der Waals surface area (Å²) in [6.45, 7) is 2.71. The Labute approximate surface area is 121 Å². The monoisotopic (exact) mass is 311 g/mol. The third kappa shape index (κ3) is 5.41. The Kier molecular flexibility index (Phi) is 5.82. The van der Waals surface area contributed by atoms with Gasteiger partial charge in [-0.3, -0.25) is 9.69 Å². The van der Waals surface area contributed by atoms with Crippen LogP contribution < -0.4 is 5.32 Å². The van der Waals surface area contributed by atoms with Crippen molar-refractivity contribution >= 4 is 12.0 Å². The fourth-order valence-corrected chi connectivity index (χ4v) is 2.10. The van der Waals surface area contributed by atoms with Crippen LogP contribution in [0.5, 0.6) is 0 Å². The summed E-state index contributed by atoms with van der Waals surface area (Å²) in [7, 11) is 1.18. The lowest BCUT2D eigenvalue weighted by molar-refractivity contribution is -0.148. The minimum atomic E-state index is -4.29. The predicted octanol–water partition coefficient (Wildman–Crippen LogP) is 1.03. The number of methoxy groups -OCH3 is 1. The number of alkyl halides is 3.